The summed E-state index contributed by atoms with van der Waals surface area (Å²) >= 11 is 0. The van der Waals surface area contributed by atoms with E-state index in [2.05, 4.69) is 15.2 Å². The molecule has 0 unspecified atom stereocenters. The Hall–Kier alpha value is -2.49. The number of hydrogen-bond donors (Lipinski definition) is 1. The van der Waals surface area contributed by atoms with Gasteiger partial charge in [0.1, 0.15) is 0 Å². The van der Waals surface area contributed by atoms with Crippen molar-refractivity contribution in [2.75, 3.05) is 0 Å². The summed E-state index contributed by atoms with van der Waals surface area (Å²) in [5, 5.41) is 7.84. The van der Waals surface area contributed by atoms with Crippen molar-refractivity contribution in [3.05, 3.63) is 66.0 Å². The lowest BCUT2D eigenvalue weighted by Gasteiger charge is -1.96. The predicted molar refractivity (Wildman–Crippen MR) is 69.0 cm³/mol. The van der Waals surface area contributed by atoms with Crippen LogP contribution in [0.15, 0.2) is 65.1 Å². The van der Waals surface area contributed by atoms with Crippen molar-refractivity contribution in [2.24, 2.45) is 15.9 Å². The number of nitrogens with zero attached hydrogens (tertiary/aromatic N) is 3. The topological polar surface area (TPSA) is 63.6 Å². The molecule has 0 fully saturated rings. The molecule has 0 spiro atoms. The third kappa shape index (κ3) is 3.24. The molecule has 0 saturated heterocycles. The summed E-state index contributed by atoms with van der Waals surface area (Å²) in [5.74, 6) is 0.394. The van der Waals surface area contributed by atoms with Crippen LogP contribution in [-0.4, -0.2) is 17.0 Å². The number of hydrogen-bond acceptors (Lipinski definition) is 3. The molecule has 2 rings (SSSR count). The van der Waals surface area contributed by atoms with E-state index in [1.165, 1.54) is 0 Å². The van der Waals surface area contributed by atoms with Crippen molar-refractivity contribution < 1.29 is 0 Å². The van der Waals surface area contributed by atoms with Gasteiger partial charge < -0.3 is 5.73 Å². The van der Waals surface area contributed by atoms with Crippen molar-refractivity contribution in [3.63, 3.8) is 0 Å². The zero-order valence-electron chi connectivity index (χ0n) is 9.19. The van der Waals surface area contributed by atoms with E-state index in [1.54, 1.807) is 18.6 Å². The minimum Gasteiger partial charge on any atom is -0.382 e. The number of nitrogens with two attached hydrogens (primary N) is 1. The maximum absolute atomic E-state index is 5.78. The summed E-state index contributed by atoms with van der Waals surface area (Å²) in [6, 6.07) is 13.2. The predicted octanol–water partition coefficient (Wildman–Crippen LogP) is 1.82. The van der Waals surface area contributed by atoms with Crippen LogP contribution < -0.4 is 5.73 Å². The number of aromatic nitrogens is 1. The van der Waals surface area contributed by atoms with Crippen LogP contribution in [0.2, 0.25) is 0 Å². The van der Waals surface area contributed by atoms with Crippen molar-refractivity contribution in [3.8, 4) is 0 Å². The number of pyridine rings is 1. The minimum absolute atomic E-state index is 0.394. The van der Waals surface area contributed by atoms with Crippen LogP contribution in [0.5, 0.6) is 0 Å². The summed E-state index contributed by atoms with van der Waals surface area (Å²) in [6.45, 7) is 0. The first kappa shape index (κ1) is 11.0. The molecule has 0 saturated carbocycles. The monoisotopic (exact) mass is 224 g/mol. The van der Waals surface area contributed by atoms with Gasteiger partial charge in [0, 0.05) is 23.5 Å². The van der Waals surface area contributed by atoms with E-state index >= 15 is 0 Å². The van der Waals surface area contributed by atoms with Gasteiger partial charge in [-0.25, -0.2) is 0 Å². The lowest BCUT2D eigenvalue weighted by atomic mass is 10.2. The molecule has 2 aromatic rings. The normalized spacial score (nSPS) is 11.9. The summed E-state index contributed by atoms with van der Waals surface area (Å²) in [5.41, 5.74) is 7.52. The molecule has 1 aromatic carbocycles. The first-order valence-corrected chi connectivity index (χ1v) is 5.18. The molecule has 0 radical (unpaired) electrons. The maximum atomic E-state index is 5.78. The van der Waals surface area contributed by atoms with E-state index in [1.807, 2.05) is 42.5 Å². The Balaban J connectivity index is 2.09. The highest BCUT2D eigenvalue weighted by atomic mass is 15.2. The van der Waals surface area contributed by atoms with Gasteiger partial charge in [-0.05, 0) is 6.07 Å². The Labute approximate surface area is 99.5 Å². The highest BCUT2D eigenvalue weighted by Gasteiger charge is 1.94. The second-order valence-corrected chi connectivity index (χ2v) is 3.38. The van der Waals surface area contributed by atoms with E-state index in [0.717, 1.165) is 11.1 Å². The Morgan fingerprint density at radius 2 is 1.94 bits per heavy atom. The largest absolute Gasteiger partial charge is 0.382 e. The van der Waals surface area contributed by atoms with Crippen LogP contribution in [0.25, 0.3) is 0 Å². The summed E-state index contributed by atoms with van der Waals surface area (Å²) < 4.78 is 0. The quantitative estimate of drug-likeness (QED) is 0.491. The average Bonchev–Trinajstić information content (AvgIpc) is 2.41. The third-order valence-corrected chi connectivity index (χ3v) is 2.13. The van der Waals surface area contributed by atoms with Gasteiger partial charge in [-0.1, -0.05) is 36.4 Å². The van der Waals surface area contributed by atoms with E-state index in [0.29, 0.717) is 5.84 Å². The van der Waals surface area contributed by atoms with Gasteiger partial charge in [0.05, 0.1) is 6.21 Å². The standard InChI is InChI=1S/C13H12N4/c14-13(12-6-2-1-3-7-12)17-16-10-11-5-4-8-15-9-11/h1-10H,(H2,14,17)/b16-10+. The fourth-order valence-electron chi connectivity index (χ4n) is 1.28. The molecule has 2 N–H and O–H groups in total. The van der Waals surface area contributed by atoms with Gasteiger partial charge in [0.25, 0.3) is 0 Å². The van der Waals surface area contributed by atoms with Crippen molar-refractivity contribution in [1.82, 2.24) is 4.98 Å². The molecule has 84 valence electrons. The van der Waals surface area contributed by atoms with Crippen LogP contribution >= 0.6 is 0 Å². The highest BCUT2D eigenvalue weighted by Crippen LogP contribution is 1.98. The first-order valence-electron chi connectivity index (χ1n) is 5.18. The molecular formula is C13H12N4. The summed E-state index contributed by atoms with van der Waals surface area (Å²) in [7, 11) is 0. The van der Waals surface area contributed by atoms with Gasteiger partial charge in [-0.3, -0.25) is 4.98 Å². The zero-order chi connectivity index (χ0) is 11.9. The second-order valence-electron chi connectivity index (χ2n) is 3.38. The maximum Gasteiger partial charge on any atom is 0.153 e. The molecule has 0 bridgehead atoms. The van der Waals surface area contributed by atoms with Crippen LogP contribution in [0.4, 0.5) is 0 Å². The van der Waals surface area contributed by atoms with Crippen LogP contribution in [0.3, 0.4) is 0 Å². The molecule has 0 aliphatic carbocycles. The van der Waals surface area contributed by atoms with Crippen LogP contribution in [-0.2, 0) is 0 Å². The Morgan fingerprint density at radius 3 is 2.65 bits per heavy atom. The highest BCUT2D eigenvalue weighted by molar-refractivity contribution is 5.97. The molecule has 0 aliphatic rings. The van der Waals surface area contributed by atoms with Gasteiger partial charge in [-0.15, -0.1) is 5.10 Å². The molecule has 4 heteroatoms. The van der Waals surface area contributed by atoms with Crippen LogP contribution in [0, 0.1) is 0 Å². The second kappa shape index (κ2) is 5.55. The third-order valence-electron chi connectivity index (χ3n) is 2.13. The van der Waals surface area contributed by atoms with Gasteiger partial charge >= 0.3 is 0 Å². The fraction of sp³-hybridized carbons (Fsp3) is 0. The van der Waals surface area contributed by atoms with Gasteiger partial charge in [-0.2, -0.15) is 5.10 Å². The molecule has 0 amide bonds. The first-order chi connectivity index (χ1) is 8.36. The molecule has 0 aliphatic heterocycles. The Kier molecular flexibility index (Phi) is 3.60. The lowest BCUT2D eigenvalue weighted by molar-refractivity contribution is 1.22. The van der Waals surface area contributed by atoms with E-state index in [9.17, 15) is 0 Å². The summed E-state index contributed by atoms with van der Waals surface area (Å²) in [6.07, 6.45) is 5.03. The molecule has 17 heavy (non-hydrogen) atoms. The number of benzene rings is 1. The molecule has 1 heterocycles. The van der Waals surface area contributed by atoms with E-state index in [-0.39, 0.29) is 0 Å². The Morgan fingerprint density at radius 1 is 1.12 bits per heavy atom. The molecule has 0 atom stereocenters. The Bertz CT molecular complexity index is 518. The van der Waals surface area contributed by atoms with Gasteiger partial charge in [0.15, 0.2) is 5.84 Å². The van der Waals surface area contributed by atoms with E-state index in [4.69, 9.17) is 5.73 Å². The lowest BCUT2D eigenvalue weighted by Crippen LogP contribution is -2.12. The summed E-state index contributed by atoms with van der Waals surface area (Å²) in [4.78, 5) is 3.97. The minimum atomic E-state index is 0.394. The average molecular weight is 224 g/mol. The van der Waals surface area contributed by atoms with Gasteiger partial charge in [0.2, 0.25) is 0 Å². The SMILES string of the molecule is N/C(=N\N=C\c1cccnc1)c1ccccc1. The van der Waals surface area contributed by atoms with Crippen molar-refractivity contribution >= 4 is 12.1 Å². The number of amidine groups is 1. The molecular weight excluding hydrogens is 212 g/mol. The fourth-order valence-corrected chi connectivity index (χ4v) is 1.28. The van der Waals surface area contributed by atoms with Crippen LogP contribution in [0.1, 0.15) is 11.1 Å². The van der Waals surface area contributed by atoms with Crippen molar-refractivity contribution in [2.45, 2.75) is 0 Å². The molecule has 4 nitrogen and oxygen atoms in total. The smallest absolute Gasteiger partial charge is 0.153 e. The van der Waals surface area contributed by atoms with E-state index < -0.39 is 0 Å². The number of rotatable bonds is 3. The zero-order valence-corrected chi connectivity index (χ0v) is 9.19. The molecule has 1 aromatic heterocycles. The van der Waals surface area contributed by atoms with Crippen molar-refractivity contribution in [1.29, 1.82) is 0 Å².